The standard InChI is InChI=1S/C15H25N3S/c1-3-4-13-14(9-16-2)19-15(17-13)18(12-7-8-12)10-11-5-6-11/h11-12,16H,3-10H2,1-2H3. The Morgan fingerprint density at radius 2 is 2.11 bits per heavy atom. The third kappa shape index (κ3) is 3.29. The highest BCUT2D eigenvalue weighted by atomic mass is 32.1. The van der Waals surface area contributed by atoms with Crippen molar-refractivity contribution in [3.8, 4) is 0 Å². The van der Waals surface area contributed by atoms with Crippen molar-refractivity contribution in [2.75, 3.05) is 18.5 Å². The van der Waals surface area contributed by atoms with Crippen LogP contribution in [0.5, 0.6) is 0 Å². The second-order valence-electron chi connectivity index (χ2n) is 5.97. The highest BCUT2D eigenvalue weighted by Crippen LogP contribution is 2.39. The maximum Gasteiger partial charge on any atom is 0.186 e. The van der Waals surface area contributed by atoms with E-state index in [4.69, 9.17) is 4.98 Å². The molecule has 3 rings (SSSR count). The van der Waals surface area contributed by atoms with Crippen molar-refractivity contribution >= 4 is 16.5 Å². The summed E-state index contributed by atoms with van der Waals surface area (Å²) in [4.78, 5) is 9.02. The maximum absolute atomic E-state index is 4.97. The molecule has 2 fully saturated rings. The van der Waals surface area contributed by atoms with Gasteiger partial charge in [-0.05, 0) is 45.1 Å². The lowest BCUT2D eigenvalue weighted by molar-refractivity contribution is 0.713. The zero-order valence-corrected chi connectivity index (χ0v) is 12.9. The predicted octanol–water partition coefficient (Wildman–Crippen LogP) is 3.19. The van der Waals surface area contributed by atoms with Gasteiger partial charge in [-0.3, -0.25) is 0 Å². The Hall–Kier alpha value is -0.610. The van der Waals surface area contributed by atoms with Crippen LogP contribution in [0.1, 0.15) is 49.6 Å². The minimum Gasteiger partial charge on any atom is -0.345 e. The first-order chi connectivity index (χ1) is 9.31. The molecule has 0 bridgehead atoms. The average molecular weight is 279 g/mol. The number of nitrogens with zero attached hydrogens (tertiary/aromatic N) is 2. The summed E-state index contributed by atoms with van der Waals surface area (Å²) in [5.74, 6) is 0.951. The molecule has 3 nitrogen and oxygen atoms in total. The molecule has 1 heterocycles. The van der Waals surface area contributed by atoms with Gasteiger partial charge in [-0.2, -0.15) is 0 Å². The molecule has 0 radical (unpaired) electrons. The Morgan fingerprint density at radius 1 is 1.32 bits per heavy atom. The molecule has 2 aliphatic carbocycles. The van der Waals surface area contributed by atoms with Crippen LogP contribution in [0.15, 0.2) is 0 Å². The van der Waals surface area contributed by atoms with Crippen LogP contribution in [0.3, 0.4) is 0 Å². The summed E-state index contributed by atoms with van der Waals surface area (Å²) in [5.41, 5.74) is 1.33. The number of anilines is 1. The highest BCUT2D eigenvalue weighted by molar-refractivity contribution is 7.15. The molecule has 4 heteroatoms. The Balaban J connectivity index is 1.78. The van der Waals surface area contributed by atoms with Gasteiger partial charge in [0.25, 0.3) is 0 Å². The number of nitrogens with one attached hydrogen (secondary N) is 1. The summed E-state index contributed by atoms with van der Waals surface area (Å²) < 4.78 is 0. The van der Waals surface area contributed by atoms with E-state index in [9.17, 15) is 0 Å². The van der Waals surface area contributed by atoms with Crippen LogP contribution in [0.25, 0.3) is 0 Å². The van der Waals surface area contributed by atoms with Crippen molar-refractivity contribution in [3.63, 3.8) is 0 Å². The van der Waals surface area contributed by atoms with Crippen LogP contribution in [-0.4, -0.2) is 24.6 Å². The number of aryl methyl sites for hydroxylation is 1. The molecule has 1 aromatic heterocycles. The molecule has 0 amide bonds. The lowest BCUT2D eigenvalue weighted by atomic mass is 10.2. The summed E-state index contributed by atoms with van der Waals surface area (Å²) in [5, 5.41) is 4.58. The number of rotatable bonds is 8. The summed E-state index contributed by atoms with van der Waals surface area (Å²) in [6.07, 6.45) is 7.91. The predicted molar refractivity (Wildman–Crippen MR) is 82.0 cm³/mol. The Morgan fingerprint density at radius 3 is 2.68 bits per heavy atom. The van der Waals surface area contributed by atoms with Crippen molar-refractivity contribution in [2.24, 2.45) is 5.92 Å². The quantitative estimate of drug-likeness (QED) is 0.792. The molecule has 0 atom stereocenters. The maximum atomic E-state index is 4.97. The third-order valence-electron chi connectivity index (χ3n) is 3.98. The fourth-order valence-electron chi connectivity index (χ4n) is 2.57. The first-order valence-electron chi connectivity index (χ1n) is 7.71. The van der Waals surface area contributed by atoms with Crippen molar-refractivity contribution < 1.29 is 0 Å². The number of aromatic nitrogens is 1. The van der Waals surface area contributed by atoms with E-state index in [0.717, 1.165) is 24.9 Å². The highest BCUT2D eigenvalue weighted by Gasteiger charge is 2.35. The molecule has 2 aliphatic rings. The van der Waals surface area contributed by atoms with E-state index in [1.807, 2.05) is 18.4 Å². The molecule has 1 aromatic rings. The van der Waals surface area contributed by atoms with Gasteiger partial charge in [-0.15, -0.1) is 11.3 Å². The molecule has 0 unspecified atom stereocenters. The smallest absolute Gasteiger partial charge is 0.186 e. The van der Waals surface area contributed by atoms with E-state index < -0.39 is 0 Å². The first kappa shape index (κ1) is 13.4. The van der Waals surface area contributed by atoms with E-state index in [0.29, 0.717) is 0 Å². The number of hydrogen-bond donors (Lipinski definition) is 1. The molecule has 106 valence electrons. The van der Waals surface area contributed by atoms with E-state index >= 15 is 0 Å². The van der Waals surface area contributed by atoms with E-state index in [-0.39, 0.29) is 0 Å². The molecule has 0 spiro atoms. The largest absolute Gasteiger partial charge is 0.345 e. The van der Waals surface area contributed by atoms with Crippen molar-refractivity contribution in [2.45, 2.75) is 58.0 Å². The van der Waals surface area contributed by atoms with Crippen LogP contribution < -0.4 is 10.2 Å². The van der Waals surface area contributed by atoms with Crippen LogP contribution in [0.2, 0.25) is 0 Å². The fraction of sp³-hybridized carbons (Fsp3) is 0.800. The van der Waals surface area contributed by atoms with Gasteiger partial charge in [0.05, 0.1) is 5.69 Å². The monoisotopic (exact) mass is 279 g/mol. The average Bonchev–Trinajstić information content (AvgIpc) is 3.28. The molecule has 2 saturated carbocycles. The SMILES string of the molecule is CCCc1nc(N(CC2CC2)C2CC2)sc1CNC. The van der Waals surface area contributed by atoms with Gasteiger partial charge >= 0.3 is 0 Å². The van der Waals surface area contributed by atoms with Gasteiger partial charge in [0, 0.05) is 24.0 Å². The Labute approximate surface area is 120 Å². The zero-order valence-electron chi connectivity index (χ0n) is 12.1. The molecule has 0 saturated heterocycles. The van der Waals surface area contributed by atoms with Crippen molar-refractivity contribution in [1.29, 1.82) is 0 Å². The lowest BCUT2D eigenvalue weighted by Crippen LogP contribution is -2.27. The molecule has 1 N–H and O–H groups in total. The summed E-state index contributed by atoms with van der Waals surface area (Å²) in [6, 6.07) is 0.795. The normalized spacial score (nSPS) is 18.8. The summed E-state index contributed by atoms with van der Waals surface area (Å²) in [7, 11) is 2.03. The van der Waals surface area contributed by atoms with Gasteiger partial charge in [0.2, 0.25) is 0 Å². The van der Waals surface area contributed by atoms with Gasteiger partial charge in [0.15, 0.2) is 5.13 Å². The van der Waals surface area contributed by atoms with E-state index in [1.165, 1.54) is 54.4 Å². The summed E-state index contributed by atoms with van der Waals surface area (Å²) >= 11 is 1.92. The number of hydrogen-bond acceptors (Lipinski definition) is 4. The van der Waals surface area contributed by atoms with Crippen molar-refractivity contribution in [3.05, 3.63) is 10.6 Å². The fourth-order valence-corrected chi connectivity index (χ4v) is 3.77. The summed E-state index contributed by atoms with van der Waals surface area (Å²) in [6.45, 7) is 4.46. The molecular weight excluding hydrogens is 254 g/mol. The van der Waals surface area contributed by atoms with Gasteiger partial charge < -0.3 is 10.2 Å². The molecular formula is C15H25N3S. The van der Waals surface area contributed by atoms with Gasteiger partial charge in [-0.25, -0.2) is 4.98 Å². The lowest BCUT2D eigenvalue weighted by Gasteiger charge is -2.21. The van der Waals surface area contributed by atoms with E-state index in [1.54, 1.807) is 0 Å². The van der Waals surface area contributed by atoms with Gasteiger partial charge in [0.1, 0.15) is 0 Å². The van der Waals surface area contributed by atoms with Crippen molar-refractivity contribution in [1.82, 2.24) is 10.3 Å². The molecule has 0 aromatic carbocycles. The Bertz CT molecular complexity index is 398. The van der Waals surface area contributed by atoms with Crippen LogP contribution in [-0.2, 0) is 13.0 Å². The van der Waals surface area contributed by atoms with Crippen LogP contribution in [0.4, 0.5) is 5.13 Å². The minimum atomic E-state index is 0.795. The second kappa shape index (κ2) is 5.80. The van der Waals surface area contributed by atoms with Gasteiger partial charge in [-0.1, -0.05) is 13.3 Å². The third-order valence-corrected chi connectivity index (χ3v) is 5.11. The molecule has 0 aliphatic heterocycles. The first-order valence-corrected chi connectivity index (χ1v) is 8.53. The molecule has 19 heavy (non-hydrogen) atoms. The van der Waals surface area contributed by atoms with Crippen LogP contribution >= 0.6 is 11.3 Å². The van der Waals surface area contributed by atoms with Crippen LogP contribution in [0, 0.1) is 5.92 Å². The Kier molecular flexibility index (Phi) is 4.08. The zero-order chi connectivity index (χ0) is 13.2. The minimum absolute atomic E-state index is 0.795. The topological polar surface area (TPSA) is 28.2 Å². The van der Waals surface area contributed by atoms with E-state index in [2.05, 4.69) is 17.1 Å². The number of thiazole rings is 1. The second-order valence-corrected chi connectivity index (χ2v) is 7.04.